The monoisotopic (exact) mass is 591 g/mol. The fourth-order valence-electron chi connectivity index (χ4n) is 6.88. The van der Waals surface area contributed by atoms with Crippen LogP contribution in [0.3, 0.4) is 0 Å². The molecule has 2 N–H and O–H groups in total. The van der Waals surface area contributed by atoms with E-state index in [9.17, 15) is 12.8 Å². The Morgan fingerprint density at radius 1 is 1.12 bits per heavy atom. The second kappa shape index (κ2) is 9.35. The highest BCUT2D eigenvalue weighted by Crippen LogP contribution is 2.67. The molecule has 7 rings (SSSR count). The lowest BCUT2D eigenvalue weighted by Gasteiger charge is -2.20. The Kier molecular flexibility index (Phi) is 6.06. The van der Waals surface area contributed by atoms with E-state index in [-0.39, 0.29) is 22.5 Å². The van der Waals surface area contributed by atoms with Crippen LogP contribution < -0.4 is 5.73 Å². The van der Waals surface area contributed by atoms with Crippen molar-refractivity contribution in [3.63, 3.8) is 0 Å². The number of rotatable bonds is 6. The van der Waals surface area contributed by atoms with Gasteiger partial charge in [0, 0.05) is 72.6 Å². The van der Waals surface area contributed by atoms with Crippen LogP contribution in [0.5, 0.6) is 0 Å². The molecule has 12 heteroatoms. The molecular weight excluding hydrogens is 561 g/mol. The van der Waals surface area contributed by atoms with Gasteiger partial charge in [-0.25, -0.2) is 18.3 Å². The van der Waals surface area contributed by atoms with Crippen LogP contribution in [0.15, 0.2) is 48.2 Å². The quantitative estimate of drug-likeness (QED) is 0.306. The first-order valence-corrected chi connectivity index (χ1v) is 15.9. The van der Waals surface area contributed by atoms with Gasteiger partial charge >= 0.3 is 10.2 Å². The Labute approximate surface area is 241 Å². The zero-order valence-electron chi connectivity index (χ0n) is 23.0. The number of halogens is 1. The molecule has 9 nitrogen and oxygen atoms in total. The average Bonchev–Trinajstić information content (AvgIpc) is 3.19. The second-order valence-corrected chi connectivity index (χ2v) is 14.2. The van der Waals surface area contributed by atoms with Crippen molar-refractivity contribution in [3.8, 4) is 11.1 Å². The van der Waals surface area contributed by atoms with Gasteiger partial charge in [0.2, 0.25) is 0 Å². The summed E-state index contributed by atoms with van der Waals surface area (Å²) in [6.07, 6.45) is 7.68. The smallest absolute Gasteiger partial charge is 0.308 e. The maximum Gasteiger partial charge on any atom is 0.308 e. The summed E-state index contributed by atoms with van der Waals surface area (Å²) in [6.45, 7) is 2.58. The van der Waals surface area contributed by atoms with E-state index in [2.05, 4.69) is 10.4 Å². The molecule has 0 saturated heterocycles. The van der Waals surface area contributed by atoms with Gasteiger partial charge in [-0.1, -0.05) is 12.1 Å². The largest absolute Gasteiger partial charge is 0.329 e. The van der Waals surface area contributed by atoms with Gasteiger partial charge in [0.15, 0.2) is 5.65 Å². The Bertz CT molecular complexity index is 1940. The van der Waals surface area contributed by atoms with Gasteiger partial charge in [-0.15, -0.1) is 11.3 Å². The van der Waals surface area contributed by atoms with E-state index < -0.39 is 16.0 Å². The molecule has 0 bridgehead atoms. The summed E-state index contributed by atoms with van der Waals surface area (Å²) >= 11 is 1.70. The fourth-order valence-corrected chi connectivity index (χ4v) is 8.95. The standard InChI is InChI=1S/C29H30FN7O2S2/c1-16-14-40-28(34-16)29(15-31)21-8-6-17(11-22(21)29)24-12-33-26-20(13-37(27(26)35-24)41(38,39)36(2)3)18-7-9-23(30)25-19(18)5-4-10-32-25/h4-5,7,9-10,12-14,17,21-22H,6,8,11,15,31H2,1-3H3/t17?,21-,22+,29+/m1/s1. The molecule has 2 saturated carbocycles. The number of aryl methyl sites for hydroxylation is 1. The Hall–Kier alpha value is -3.32. The summed E-state index contributed by atoms with van der Waals surface area (Å²) in [5, 5.41) is 3.79. The van der Waals surface area contributed by atoms with Crippen LogP contribution in [0.25, 0.3) is 33.2 Å². The third-order valence-corrected chi connectivity index (χ3v) is 11.9. The predicted octanol–water partition coefficient (Wildman–Crippen LogP) is 4.62. The van der Waals surface area contributed by atoms with E-state index >= 15 is 0 Å². The molecular formula is C29H30FN7O2S2. The maximum atomic E-state index is 14.6. The molecule has 2 aliphatic carbocycles. The zero-order chi connectivity index (χ0) is 28.7. The molecule has 5 aromatic rings. The molecule has 41 heavy (non-hydrogen) atoms. The number of pyridine rings is 1. The van der Waals surface area contributed by atoms with Gasteiger partial charge in [0.05, 0.1) is 5.69 Å². The van der Waals surface area contributed by atoms with E-state index in [0.717, 1.165) is 40.0 Å². The van der Waals surface area contributed by atoms with Crippen LogP contribution in [-0.4, -0.2) is 57.3 Å². The molecule has 2 fully saturated rings. The number of thiazole rings is 1. The molecule has 4 aromatic heterocycles. The molecule has 2 aliphatic rings. The average molecular weight is 592 g/mol. The summed E-state index contributed by atoms with van der Waals surface area (Å²) in [4.78, 5) is 18.8. The molecule has 0 spiro atoms. The van der Waals surface area contributed by atoms with Crippen molar-refractivity contribution >= 4 is 43.6 Å². The summed E-state index contributed by atoms with van der Waals surface area (Å²) in [6, 6.07) is 6.48. The first kappa shape index (κ1) is 26.6. The Balaban J connectivity index is 1.33. The van der Waals surface area contributed by atoms with Gasteiger partial charge in [0.25, 0.3) is 0 Å². The van der Waals surface area contributed by atoms with Crippen molar-refractivity contribution in [1.29, 1.82) is 0 Å². The normalized spacial score (nSPS) is 24.3. The number of hydrogen-bond acceptors (Lipinski definition) is 8. The van der Waals surface area contributed by atoms with Crippen molar-refractivity contribution in [1.82, 2.24) is 28.2 Å². The molecule has 4 atom stereocenters. The van der Waals surface area contributed by atoms with E-state index in [1.807, 2.05) is 6.92 Å². The highest BCUT2D eigenvalue weighted by atomic mass is 32.2. The van der Waals surface area contributed by atoms with Crippen molar-refractivity contribution in [2.24, 2.45) is 17.6 Å². The summed E-state index contributed by atoms with van der Waals surface area (Å²) in [5.41, 5.74) is 10.2. The van der Waals surface area contributed by atoms with Gasteiger partial charge in [-0.05, 0) is 55.7 Å². The number of nitrogens with zero attached hydrogens (tertiary/aromatic N) is 6. The predicted molar refractivity (Wildman–Crippen MR) is 157 cm³/mol. The van der Waals surface area contributed by atoms with Crippen LogP contribution in [-0.2, 0) is 15.6 Å². The van der Waals surface area contributed by atoms with E-state index in [0.29, 0.717) is 40.4 Å². The highest BCUT2D eigenvalue weighted by molar-refractivity contribution is 7.87. The summed E-state index contributed by atoms with van der Waals surface area (Å²) in [7, 11) is -0.959. The topological polar surface area (TPSA) is 120 Å². The zero-order valence-corrected chi connectivity index (χ0v) is 24.6. The molecule has 0 radical (unpaired) electrons. The van der Waals surface area contributed by atoms with Gasteiger partial charge in [-0.3, -0.25) is 9.97 Å². The van der Waals surface area contributed by atoms with E-state index in [1.54, 1.807) is 35.7 Å². The van der Waals surface area contributed by atoms with Crippen molar-refractivity contribution in [2.45, 2.75) is 37.5 Å². The summed E-state index contributed by atoms with van der Waals surface area (Å²) in [5.74, 6) is 0.614. The Morgan fingerprint density at radius 3 is 2.68 bits per heavy atom. The lowest BCUT2D eigenvalue weighted by atomic mass is 9.87. The molecule has 0 amide bonds. The molecule has 1 unspecified atom stereocenters. The summed E-state index contributed by atoms with van der Waals surface area (Å²) < 4.78 is 43.8. The number of benzene rings is 1. The lowest BCUT2D eigenvalue weighted by Crippen LogP contribution is -2.28. The fraction of sp³-hybridized carbons (Fsp3) is 0.379. The van der Waals surface area contributed by atoms with Gasteiger partial charge < -0.3 is 5.73 Å². The van der Waals surface area contributed by atoms with Crippen molar-refractivity contribution in [2.75, 3.05) is 20.6 Å². The molecule has 4 heterocycles. The van der Waals surface area contributed by atoms with Crippen LogP contribution in [0.1, 0.15) is 41.6 Å². The molecule has 0 aliphatic heterocycles. The third-order valence-electron chi connectivity index (χ3n) is 9.04. The Morgan fingerprint density at radius 2 is 1.95 bits per heavy atom. The first-order chi connectivity index (χ1) is 19.7. The van der Waals surface area contributed by atoms with E-state index in [1.165, 1.54) is 36.5 Å². The van der Waals surface area contributed by atoms with Crippen molar-refractivity contribution in [3.05, 3.63) is 70.4 Å². The minimum Gasteiger partial charge on any atom is -0.329 e. The van der Waals surface area contributed by atoms with Gasteiger partial charge in [-0.2, -0.15) is 12.7 Å². The lowest BCUT2D eigenvalue weighted by molar-refractivity contribution is 0.417. The van der Waals surface area contributed by atoms with Crippen LogP contribution in [0.4, 0.5) is 4.39 Å². The van der Waals surface area contributed by atoms with Crippen LogP contribution in [0, 0.1) is 24.6 Å². The van der Waals surface area contributed by atoms with Crippen molar-refractivity contribution < 1.29 is 12.8 Å². The number of aromatic nitrogens is 5. The second-order valence-electron chi connectivity index (χ2n) is 11.4. The maximum absolute atomic E-state index is 14.6. The molecule has 1 aromatic carbocycles. The number of hydrogen-bond donors (Lipinski definition) is 1. The minimum absolute atomic E-state index is 0.0788. The highest BCUT2D eigenvalue weighted by Gasteiger charge is 2.67. The SMILES string of the molecule is Cc1csc([C@@]2(CN)[C@@H]3CCC(c4cnc5c(-c6ccc(F)c7ncccc67)cn(S(=O)(=O)N(C)C)c5n4)C[C@@H]32)n1. The van der Waals surface area contributed by atoms with Gasteiger partial charge in [0.1, 0.15) is 21.9 Å². The molecule has 212 valence electrons. The van der Waals surface area contributed by atoms with E-state index in [4.69, 9.17) is 20.7 Å². The number of fused-ring (bicyclic) bond motifs is 3. The third kappa shape index (κ3) is 3.88. The number of nitrogens with two attached hydrogens (primary N) is 1. The van der Waals surface area contributed by atoms with Crippen LogP contribution in [0.2, 0.25) is 0 Å². The van der Waals surface area contributed by atoms with Crippen LogP contribution >= 0.6 is 11.3 Å². The first-order valence-electron chi connectivity index (χ1n) is 13.6. The minimum atomic E-state index is -3.92.